The van der Waals surface area contributed by atoms with Gasteiger partial charge in [-0.05, 0) is 84.9 Å². The van der Waals surface area contributed by atoms with Crippen molar-refractivity contribution in [2.75, 3.05) is 7.11 Å². The number of alkyl halides is 1. The van der Waals surface area contributed by atoms with Gasteiger partial charge >= 0.3 is 0 Å². The van der Waals surface area contributed by atoms with Crippen molar-refractivity contribution in [1.29, 1.82) is 5.26 Å². The monoisotopic (exact) mass is 1310 g/mol. The van der Waals surface area contributed by atoms with Gasteiger partial charge < -0.3 is 19.3 Å². The van der Waals surface area contributed by atoms with Crippen molar-refractivity contribution in [2.45, 2.75) is 18.5 Å². The summed E-state index contributed by atoms with van der Waals surface area (Å²) in [6.07, 6.45) is 6.56. The molecule has 19 heteroatoms. The van der Waals surface area contributed by atoms with Crippen molar-refractivity contribution >= 4 is 107 Å². The highest BCUT2D eigenvalue weighted by molar-refractivity contribution is 9.11. The molecule has 0 atom stereocenters. The summed E-state index contributed by atoms with van der Waals surface area (Å²) in [5.74, 6) is -1.69. The molecule has 0 bridgehead atoms. The van der Waals surface area contributed by atoms with Gasteiger partial charge in [0.25, 0.3) is 0 Å². The van der Waals surface area contributed by atoms with Gasteiger partial charge in [-0.3, -0.25) is 19.9 Å². The van der Waals surface area contributed by atoms with Gasteiger partial charge in [-0.25, -0.2) is 26.3 Å². The molecule has 0 saturated heterocycles. The summed E-state index contributed by atoms with van der Waals surface area (Å²) in [7, 11) is 1.65. The van der Waals surface area contributed by atoms with Gasteiger partial charge in [0.05, 0.1) is 29.9 Å². The van der Waals surface area contributed by atoms with Crippen LogP contribution in [0.3, 0.4) is 0 Å². The van der Waals surface area contributed by atoms with Crippen molar-refractivity contribution < 1.29 is 45.7 Å². The number of halogens is 10. The van der Waals surface area contributed by atoms with E-state index < -0.39 is 34.9 Å². The van der Waals surface area contributed by atoms with E-state index >= 15 is 0 Å². The van der Waals surface area contributed by atoms with E-state index in [9.17, 15) is 31.4 Å². The number of hydrogen-bond donors (Lipinski definition) is 1. The summed E-state index contributed by atoms with van der Waals surface area (Å²) in [6, 6.07) is 42.2. The van der Waals surface area contributed by atoms with Crippen LogP contribution < -0.4 is 14.2 Å². The number of pyridine rings is 4. The molecule has 394 valence electrons. The van der Waals surface area contributed by atoms with Crippen LogP contribution in [0.15, 0.2) is 190 Å². The number of hydrogen-bond acceptors (Lipinski definition) is 9. The molecular formula is C59H39Br4F6N5O4. The fourth-order valence-corrected chi connectivity index (χ4v) is 9.15. The van der Waals surface area contributed by atoms with E-state index in [0.717, 1.165) is 40.8 Å². The zero-order valence-corrected chi connectivity index (χ0v) is 46.9. The van der Waals surface area contributed by atoms with E-state index in [-0.39, 0.29) is 41.0 Å². The molecule has 0 saturated carbocycles. The van der Waals surface area contributed by atoms with Gasteiger partial charge in [0, 0.05) is 70.6 Å². The van der Waals surface area contributed by atoms with Gasteiger partial charge in [0.1, 0.15) is 93.2 Å². The maximum absolute atomic E-state index is 13.6. The fraction of sp³-hybridized carbons (Fsp3) is 0.0678. The number of benzene rings is 7. The molecular weight excluding hydrogens is 1280 g/mol. The van der Waals surface area contributed by atoms with Crippen LogP contribution in [0.5, 0.6) is 23.0 Å². The summed E-state index contributed by atoms with van der Waals surface area (Å²) in [5, 5.41) is 22.2. The quantitative estimate of drug-likeness (QED) is 0.117. The predicted octanol–water partition coefficient (Wildman–Crippen LogP) is 17.4. The van der Waals surface area contributed by atoms with Crippen LogP contribution in [0.2, 0.25) is 0 Å². The Morgan fingerprint density at radius 2 is 0.769 bits per heavy atom. The Bertz CT molecular complexity index is 3830. The summed E-state index contributed by atoms with van der Waals surface area (Å²) < 4.78 is 98.7. The van der Waals surface area contributed by atoms with Crippen LogP contribution in [0, 0.1) is 46.2 Å². The zero-order valence-electron chi connectivity index (χ0n) is 40.6. The highest BCUT2D eigenvalue weighted by Gasteiger charge is 2.14. The first-order valence-corrected chi connectivity index (χ1v) is 26.4. The third kappa shape index (κ3) is 14.5. The summed E-state index contributed by atoms with van der Waals surface area (Å²) in [4.78, 5) is 16.8. The summed E-state index contributed by atoms with van der Waals surface area (Å²) in [5.41, 5.74) is 2.96. The molecule has 9 nitrogen and oxygen atoms in total. The molecule has 0 spiro atoms. The average molecular weight is 1320 g/mol. The Balaban J connectivity index is 0.000000146. The second-order valence-corrected chi connectivity index (χ2v) is 19.1. The average Bonchev–Trinajstić information content (AvgIpc) is 3.45. The number of rotatable bonds is 8. The van der Waals surface area contributed by atoms with Crippen molar-refractivity contribution in [2.24, 2.45) is 0 Å². The molecule has 11 rings (SSSR count). The second kappa shape index (κ2) is 28.1. The number of nitriles is 1. The van der Waals surface area contributed by atoms with E-state index in [4.69, 9.17) is 19.5 Å². The largest absolute Gasteiger partial charge is 0.506 e. The van der Waals surface area contributed by atoms with Gasteiger partial charge in [0.15, 0.2) is 0 Å². The lowest BCUT2D eigenvalue weighted by Crippen LogP contribution is -2.02. The highest BCUT2D eigenvalue weighted by Crippen LogP contribution is 2.32. The standard InChI is InChI=1S/C17H10F2N2O.C16H10BrF2NO.C10H8BrNO.C9H6BrNO.C7H5BrF2/c18-14-4-2-5-15(19)13(14)10-22-16-6-1-3-12-11(9-20)7-8-21-17(12)16;17-12-7-8-20-16-10(12)3-1-6-15(16)21-9-11-13(18)4-2-5-14(11)19;1-13-9-4-2-3-7-8(11)5-6-12-10(7)9;10-7-4-5-11-9-6(7)2-1-3-8(9)12;8-4-5-6(9)2-1-3-7(5)10/h1-8H,10H2;1-8H,9H2;2-6H,1H3;1-5,12H;1-3H,4H2. The zero-order chi connectivity index (χ0) is 55.7. The lowest BCUT2D eigenvalue weighted by Gasteiger charge is -2.10. The number of para-hydroxylation sites is 4. The minimum absolute atomic E-state index is 0.0856. The Kier molecular flexibility index (Phi) is 20.9. The molecule has 0 radical (unpaired) electrons. The first-order valence-electron chi connectivity index (χ1n) is 22.9. The van der Waals surface area contributed by atoms with E-state index in [1.165, 1.54) is 60.8 Å². The minimum Gasteiger partial charge on any atom is -0.506 e. The third-order valence-corrected chi connectivity index (χ3v) is 13.8. The summed E-state index contributed by atoms with van der Waals surface area (Å²) >= 11 is 13.3. The first-order chi connectivity index (χ1) is 37.7. The third-order valence-electron chi connectivity index (χ3n) is 11.2. The van der Waals surface area contributed by atoms with E-state index in [0.29, 0.717) is 39.0 Å². The lowest BCUT2D eigenvalue weighted by molar-refractivity contribution is 0.295. The number of ether oxygens (including phenoxy) is 3. The van der Waals surface area contributed by atoms with E-state index in [2.05, 4.69) is 89.7 Å². The Morgan fingerprint density at radius 3 is 1.17 bits per heavy atom. The van der Waals surface area contributed by atoms with Crippen molar-refractivity contribution in [3.63, 3.8) is 0 Å². The molecule has 0 aliphatic rings. The number of fused-ring (bicyclic) bond motifs is 4. The number of nitrogens with zero attached hydrogens (tertiary/aromatic N) is 5. The van der Waals surface area contributed by atoms with Crippen molar-refractivity contribution in [3.8, 4) is 29.1 Å². The van der Waals surface area contributed by atoms with Crippen molar-refractivity contribution in [1.82, 2.24) is 19.9 Å². The van der Waals surface area contributed by atoms with Crippen LogP contribution in [-0.4, -0.2) is 32.2 Å². The number of methoxy groups -OCH3 is 1. The molecule has 0 aliphatic heterocycles. The normalized spacial score (nSPS) is 10.4. The molecule has 1 N–H and O–H groups in total. The van der Waals surface area contributed by atoms with Gasteiger partial charge in [-0.2, -0.15) is 5.26 Å². The molecule has 78 heavy (non-hydrogen) atoms. The van der Waals surface area contributed by atoms with Crippen LogP contribution in [-0.2, 0) is 18.5 Å². The highest BCUT2D eigenvalue weighted by atomic mass is 79.9. The van der Waals surface area contributed by atoms with E-state index in [1.54, 1.807) is 68.2 Å². The Morgan fingerprint density at radius 1 is 0.436 bits per heavy atom. The first kappa shape index (κ1) is 58.1. The molecule has 7 aromatic carbocycles. The molecule has 11 aromatic rings. The topological polar surface area (TPSA) is 123 Å². The number of phenolic OH excluding ortho intramolecular Hbond substituents is 1. The maximum atomic E-state index is 13.6. The smallest absolute Gasteiger partial charge is 0.146 e. The molecule has 0 aliphatic carbocycles. The van der Waals surface area contributed by atoms with Gasteiger partial charge in [0.2, 0.25) is 0 Å². The molecule has 0 fully saturated rings. The van der Waals surface area contributed by atoms with Crippen LogP contribution in [0.25, 0.3) is 43.6 Å². The number of aromatic nitrogens is 4. The van der Waals surface area contributed by atoms with Crippen LogP contribution in [0.1, 0.15) is 22.3 Å². The minimum atomic E-state index is -0.661. The van der Waals surface area contributed by atoms with Gasteiger partial charge in [-0.1, -0.05) is 130 Å². The van der Waals surface area contributed by atoms with Crippen LogP contribution in [0.4, 0.5) is 26.3 Å². The number of aromatic hydroxyl groups is 1. The second-order valence-electron chi connectivity index (χ2n) is 16.0. The molecule has 4 aromatic heterocycles. The van der Waals surface area contributed by atoms with Crippen LogP contribution >= 0.6 is 63.7 Å². The van der Waals surface area contributed by atoms with E-state index in [1.807, 2.05) is 54.6 Å². The maximum Gasteiger partial charge on any atom is 0.146 e. The molecule has 0 unspecified atom stereocenters. The lowest BCUT2D eigenvalue weighted by atomic mass is 10.1. The molecule has 4 heterocycles. The Labute approximate surface area is 476 Å². The van der Waals surface area contributed by atoms with Gasteiger partial charge in [-0.15, -0.1) is 0 Å². The Hall–Kier alpha value is -7.63. The summed E-state index contributed by atoms with van der Waals surface area (Å²) in [6.45, 7) is -0.443. The SMILES string of the molecule is COc1cccc2c(Br)ccnc12.Fc1cccc(F)c1CBr.Fc1cccc(F)c1COc1cccc2c(Br)ccnc12.N#Cc1ccnc2c(OCc3c(F)cccc3F)cccc12.Oc1cccc2c(Br)ccnc12. The predicted molar refractivity (Wildman–Crippen MR) is 303 cm³/mol. The fourth-order valence-electron chi connectivity index (χ4n) is 7.30. The van der Waals surface area contributed by atoms with Crippen molar-refractivity contribution in [3.05, 3.63) is 247 Å². The molecule has 0 amide bonds. The number of phenols is 1.